The SMILES string of the molecule is CCCCCCCCCCCCc1ccccc1C(SCCC(=O)O)S(=O)CCC(=O)O. The van der Waals surface area contributed by atoms with Crippen molar-refractivity contribution in [1.29, 1.82) is 0 Å². The van der Waals surface area contributed by atoms with E-state index in [1.54, 1.807) is 0 Å². The lowest BCUT2D eigenvalue weighted by Crippen LogP contribution is -2.13. The summed E-state index contributed by atoms with van der Waals surface area (Å²) in [6.07, 6.45) is 13.5. The van der Waals surface area contributed by atoms with Gasteiger partial charge in [-0.15, -0.1) is 11.8 Å². The lowest BCUT2D eigenvalue weighted by molar-refractivity contribution is -0.137. The first kappa shape index (κ1) is 28.7. The third kappa shape index (κ3) is 13.3. The normalized spacial score (nSPS) is 13.0. The van der Waals surface area contributed by atoms with Crippen molar-refractivity contribution in [3.8, 4) is 0 Å². The second-order valence-corrected chi connectivity index (χ2v) is 11.4. The molecule has 0 aliphatic rings. The van der Waals surface area contributed by atoms with Gasteiger partial charge in [0, 0.05) is 22.3 Å². The Balaban J connectivity index is 2.59. The largest absolute Gasteiger partial charge is 0.481 e. The van der Waals surface area contributed by atoms with Gasteiger partial charge in [-0.1, -0.05) is 89.0 Å². The van der Waals surface area contributed by atoms with Gasteiger partial charge in [-0.25, -0.2) is 0 Å². The minimum absolute atomic E-state index is 0.00207. The van der Waals surface area contributed by atoms with Gasteiger partial charge < -0.3 is 10.2 Å². The first-order valence-corrected chi connectivity index (χ1v) is 14.4. The van der Waals surface area contributed by atoms with Gasteiger partial charge in [0.2, 0.25) is 0 Å². The van der Waals surface area contributed by atoms with E-state index in [4.69, 9.17) is 10.2 Å². The van der Waals surface area contributed by atoms with Crippen molar-refractivity contribution in [2.24, 2.45) is 0 Å². The Kier molecular flexibility index (Phi) is 16.3. The highest BCUT2D eigenvalue weighted by atomic mass is 32.2. The molecule has 0 spiro atoms. The Bertz CT molecular complexity index is 693. The Morgan fingerprint density at radius 3 is 2.03 bits per heavy atom. The third-order valence-electron chi connectivity index (χ3n) is 5.45. The van der Waals surface area contributed by atoms with Gasteiger partial charge in [0.25, 0.3) is 0 Å². The highest BCUT2D eigenvalue weighted by Gasteiger charge is 2.23. The lowest BCUT2D eigenvalue weighted by Gasteiger charge is -2.20. The van der Waals surface area contributed by atoms with Crippen molar-refractivity contribution in [2.75, 3.05) is 11.5 Å². The van der Waals surface area contributed by atoms with E-state index in [0.29, 0.717) is 5.75 Å². The van der Waals surface area contributed by atoms with E-state index in [1.807, 2.05) is 18.2 Å². The number of thioether (sulfide) groups is 1. The summed E-state index contributed by atoms with van der Waals surface area (Å²) in [5.74, 6) is -1.42. The van der Waals surface area contributed by atoms with Crippen molar-refractivity contribution in [3.63, 3.8) is 0 Å². The van der Waals surface area contributed by atoms with Gasteiger partial charge in [0.15, 0.2) is 0 Å². The average molecular weight is 485 g/mol. The van der Waals surface area contributed by atoms with Crippen LogP contribution in [-0.2, 0) is 26.8 Å². The quantitative estimate of drug-likeness (QED) is 0.203. The fourth-order valence-electron chi connectivity index (χ4n) is 3.65. The maximum Gasteiger partial charge on any atom is 0.304 e. The monoisotopic (exact) mass is 484 g/mol. The van der Waals surface area contributed by atoms with Crippen LogP contribution in [0, 0.1) is 0 Å². The first-order chi connectivity index (χ1) is 15.5. The molecule has 7 heteroatoms. The number of rotatable bonds is 20. The second-order valence-electron chi connectivity index (χ2n) is 8.21. The molecular weight excluding hydrogens is 444 g/mol. The highest BCUT2D eigenvalue weighted by Crippen LogP contribution is 2.36. The van der Waals surface area contributed by atoms with Crippen LogP contribution in [0.25, 0.3) is 0 Å². The van der Waals surface area contributed by atoms with E-state index >= 15 is 0 Å². The molecule has 0 bridgehead atoms. The first-order valence-electron chi connectivity index (χ1n) is 12.0. The summed E-state index contributed by atoms with van der Waals surface area (Å²) in [4.78, 5) is 21.8. The smallest absolute Gasteiger partial charge is 0.304 e. The van der Waals surface area contributed by atoms with E-state index in [-0.39, 0.29) is 18.6 Å². The van der Waals surface area contributed by atoms with Crippen LogP contribution in [0.2, 0.25) is 0 Å². The zero-order valence-electron chi connectivity index (χ0n) is 19.4. The van der Waals surface area contributed by atoms with Gasteiger partial charge in [0.1, 0.15) is 4.58 Å². The van der Waals surface area contributed by atoms with E-state index < -0.39 is 27.3 Å². The van der Waals surface area contributed by atoms with Crippen LogP contribution in [-0.4, -0.2) is 37.9 Å². The van der Waals surface area contributed by atoms with Crippen LogP contribution in [0.5, 0.6) is 0 Å². The van der Waals surface area contributed by atoms with Gasteiger partial charge in [-0.3, -0.25) is 13.8 Å². The standard InChI is InChI=1S/C25H40O5S2/c1-2-3-4-5-6-7-8-9-10-11-14-21-15-12-13-16-22(21)25(31-19-17-23(26)27)32(30)20-18-24(28)29/h12-13,15-16,25H,2-11,14,17-20H2,1H3,(H,26,27)(H,28,29). The third-order valence-corrected chi connectivity index (χ3v) is 8.84. The summed E-state index contributed by atoms with van der Waals surface area (Å²) in [6.45, 7) is 2.24. The zero-order chi connectivity index (χ0) is 23.6. The van der Waals surface area contributed by atoms with Crippen LogP contribution in [0.4, 0.5) is 0 Å². The van der Waals surface area contributed by atoms with Crippen LogP contribution in [0.15, 0.2) is 24.3 Å². The minimum atomic E-state index is -1.38. The molecule has 1 rings (SSSR count). The second kappa shape index (κ2) is 18.1. The molecule has 32 heavy (non-hydrogen) atoms. The van der Waals surface area contributed by atoms with Crippen molar-refractivity contribution in [3.05, 3.63) is 35.4 Å². The minimum Gasteiger partial charge on any atom is -0.481 e. The van der Waals surface area contributed by atoms with Crippen LogP contribution in [0.1, 0.15) is 99.7 Å². The molecule has 0 saturated heterocycles. The van der Waals surface area contributed by atoms with Crippen molar-refractivity contribution in [1.82, 2.24) is 0 Å². The molecule has 2 unspecified atom stereocenters. The Morgan fingerprint density at radius 1 is 0.875 bits per heavy atom. The molecule has 182 valence electrons. The van der Waals surface area contributed by atoms with Crippen LogP contribution < -0.4 is 0 Å². The van der Waals surface area contributed by atoms with Crippen LogP contribution in [0.3, 0.4) is 0 Å². The number of carbonyl (C=O) groups is 2. The van der Waals surface area contributed by atoms with Crippen LogP contribution >= 0.6 is 11.8 Å². The number of aliphatic carboxylic acids is 2. The molecule has 0 radical (unpaired) electrons. The number of carboxylic acids is 2. The zero-order valence-corrected chi connectivity index (χ0v) is 21.1. The van der Waals surface area contributed by atoms with E-state index in [2.05, 4.69) is 13.0 Å². The maximum atomic E-state index is 12.9. The fraction of sp³-hybridized carbons (Fsp3) is 0.680. The maximum absolute atomic E-state index is 12.9. The van der Waals surface area contributed by atoms with Crippen molar-refractivity contribution >= 4 is 34.5 Å². The predicted molar refractivity (Wildman–Crippen MR) is 135 cm³/mol. The summed E-state index contributed by atoms with van der Waals surface area (Å²) < 4.78 is 12.5. The van der Waals surface area contributed by atoms with Gasteiger partial charge in [0.05, 0.1) is 12.8 Å². The molecule has 0 fully saturated rings. The molecule has 1 aromatic rings. The molecule has 0 aliphatic heterocycles. The van der Waals surface area contributed by atoms with Gasteiger partial charge in [-0.05, 0) is 24.0 Å². The topological polar surface area (TPSA) is 91.7 Å². The molecule has 0 amide bonds. The lowest BCUT2D eigenvalue weighted by atomic mass is 10.0. The molecule has 0 aliphatic carbocycles. The summed E-state index contributed by atoms with van der Waals surface area (Å²) in [5.41, 5.74) is 2.10. The summed E-state index contributed by atoms with van der Waals surface area (Å²) in [6, 6.07) is 7.91. The summed E-state index contributed by atoms with van der Waals surface area (Å²) >= 11 is 1.36. The number of hydrogen-bond donors (Lipinski definition) is 2. The molecule has 2 N–H and O–H groups in total. The van der Waals surface area contributed by atoms with E-state index in [1.165, 1.54) is 69.5 Å². The molecule has 0 saturated carbocycles. The van der Waals surface area contributed by atoms with E-state index in [0.717, 1.165) is 24.0 Å². The van der Waals surface area contributed by atoms with Gasteiger partial charge >= 0.3 is 11.9 Å². The van der Waals surface area contributed by atoms with Gasteiger partial charge in [-0.2, -0.15) is 0 Å². The fourth-order valence-corrected chi connectivity index (χ4v) is 6.85. The Labute approximate surface area is 200 Å². The molecular formula is C25H40O5S2. The number of benzene rings is 1. The Morgan fingerprint density at radius 2 is 1.44 bits per heavy atom. The van der Waals surface area contributed by atoms with Crippen molar-refractivity contribution < 1.29 is 24.0 Å². The van der Waals surface area contributed by atoms with Crippen molar-refractivity contribution in [2.45, 2.75) is 95.0 Å². The number of carboxylic acid groups (broad SMARTS) is 2. The highest BCUT2D eigenvalue weighted by molar-refractivity contribution is 8.10. The summed E-state index contributed by atoms with van der Waals surface area (Å²) in [7, 11) is -1.38. The molecule has 0 aromatic heterocycles. The molecule has 0 heterocycles. The molecule has 1 aromatic carbocycles. The molecule has 2 atom stereocenters. The number of hydrogen-bond acceptors (Lipinski definition) is 4. The predicted octanol–water partition coefficient (Wildman–Crippen LogP) is 6.58. The number of aryl methyl sites for hydroxylation is 1. The van der Waals surface area contributed by atoms with E-state index in [9.17, 15) is 13.8 Å². The summed E-state index contributed by atoms with van der Waals surface area (Å²) in [5, 5.41) is 17.9. The molecule has 5 nitrogen and oxygen atoms in total. The average Bonchev–Trinajstić information content (AvgIpc) is 2.76. The number of unbranched alkanes of at least 4 members (excludes halogenated alkanes) is 9. The Hall–Kier alpha value is -1.34.